The van der Waals surface area contributed by atoms with Crippen LogP contribution in [0.25, 0.3) is 0 Å². The number of halogens is 2. The Labute approximate surface area is 201 Å². The smallest absolute Gasteiger partial charge is 0.339 e. The summed E-state index contributed by atoms with van der Waals surface area (Å²) < 4.78 is 32.7. The van der Waals surface area contributed by atoms with Crippen LogP contribution in [0.3, 0.4) is 0 Å². The van der Waals surface area contributed by atoms with E-state index in [9.17, 15) is 18.0 Å². The molecule has 0 unspecified atom stereocenters. The van der Waals surface area contributed by atoms with Gasteiger partial charge in [0.05, 0.1) is 22.9 Å². The maximum atomic E-state index is 12.8. The van der Waals surface area contributed by atoms with Gasteiger partial charge in [0.15, 0.2) is 0 Å². The fourth-order valence-electron chi connectivity index (χ4n) is 3.54. The molecule has 0 bridgehead atoms. The molecule has 1 heterocycles. The Kier molecular flexibility index (Phi) is 8.32. The van der Waals surface area contributed by atoms with Gasteiger partial charge in [-0.25, -0.2) is 17.5 Å². The molecule has 0 radical (unpaired) electrons. The lowest BCUT2D eigenvalue weighted by atomic mass is 9.97. The zero-order chi connectivity index (χ0) is 23.3. The zero-order valence-corrected chi connectivity index (χ0v) is 20.7. The normalized spacial score (nSPS) is 15.3. The molecular formula is C22H24BrClN2O5S. The van der Waals surface area contributed by atoms with E-state index in [2.05, 4.69) is 21.2 Å². The summed E-state index contributed by atoms with van der Waals surface area (Å²) in [4.78, 5) is 24.5. The number of piperidine rings is 1. The number of nitrogens with zero attached hydrogens (tertiary/aromatic N) is 1. The van der Waals surface area contributed by atoms with Crippen LogP contribution in [0.4, 0.5) is 5.69 Å². The maximum Gasteiger partial charge on any atom is 0.339 e. The second-order valence-electron chi connectivity index (χ2n) is 7.46. The molecule has 1 amide bonds. The second kappa shape index (κ2) is 10.8. The van der Waals surface area contributed by atoms with Gasteiger partial charge in [-0.05, 0) is 55.7 Å². The molecule has 7 nitrogen and oxygen atoms in total. The number of carbonyl (C=O) groups excluding carboxylic acids is 2. The van der Waals surface area contributed by atoms with Crippen molar-refractivity contribution in [1.82, 2.24) is 4.31 Å². The van der Waals surface area contributed by atoms with Crippen LogP contribution in [-0.4, -0.2) is 44.3 Å². The highest BCUT2D eigenvalue weighted by Crippen LogP contribution is 2.26. The fraction of sp³-hybridized carbons (Fsp3) is 0.364. The highest BCUT2D eigenvalue weighted by molar-refractivity contribution is 9.10. The summed E-state index contributed by atoms with van der Waals surface area (Å²) in [6, 6.07) is 11.8. The van der Waals surface area contributed by atoms with Crippen molar-refractivity contribution in [2.75, 3.05) is 25.0 Å². The Morgan fingerprint density at radius 3 is 2.53 bits per heavy atom. The Bertz CT molecular complexity index is 1100. The highest BCUT2D eigenvalue weighted by Gasteiger charge is 2.31. The predicted octanol–water partition coefficient (Wildman–Crippen LogP) is 4.46. The summed E-state index contributed by atoms with van der Waals surface area (Å²) in [7, 11) is -3.46. The van der Waals surface area contributed by atoms with Crippen LogP contribution in [0.15, 0.2) is 46.9 Å². The topological polar surface area (TPSA) is 92.8 Å². The SMILES string of the molecule is CCOC(=O)c1ccc(NC(=O)C2CCN(S(=O)(=O)Cc3cccc(Br)c3)CC2)cc1Cl. The van der Waals surface area contributed by atoms with Crippen LogP contribution in [-0.2, 0) is 25.3 Å². The molecule has 3 rings (SSSR count). The van der Waals surface area contributed by atoms with Gasteiger partial charge in [0, 0.05) is 29.2 Å². The number of esters is 1. The van der Waals surface area contributed by atoms with E-state index >= 15 is 0 Å². The molecule has 0 aliphatic carbocycles. The summed E-state index contributed by atoms with van der Waals surface area (Å²) in [5, 5.41) is 2.99. The Hall–Kier alpha value is -1.94. The van der Waals surface area contributed by atoms with E-state index in [1.807, 2.05) is 6.07 Å². The lowest BCUT2D eigenvalue weighted by Gasteiger charge is -2.30. The quantitative estimate of drug-likeness (QED) is 0.521. The number of amides is 1. The third-order valence-electron chi connectivity index (χ3n) is 5.19. The number of ether oxygens (including phenoxy) is 1. The standard InChI is InChI=1S/C22H24BrClN2O5S/c1-2-31-22(28)19-7-6-18(13-20(19)24)25-21(27)16-8-10-26(11-9-16)32(29,30)14-15-4-3-5-17(23)12-15/h3-7,12-13,16H,2,8-11,14H2,1H3,(H,25,27). The Morgan fingerprint density at radius 1 is 1.19 bits per heavy atom. The van der Waals surface area contributed by atoms with Crippen molar-refractivity contribution in [3.8, 4) is 0 Å². The van der Waals surface area contributed by atoms with Gasteiger partial charge >= 0.3 is 5.97 Å². The Balaban J connectivity index is 1.56. The first-order valence-electron chi connectivity index (χ1n) is 10.2. The average molecular weight is 544 g/mol. The molecule has 1 saturated heterocycles. The van der Waals surface area contributed by atoms with Crippen molar-refractivity contribution < 1.29 is 22.7 Å². The van der Waals surface area contributed by atoms with Gasteiger partial charge in [0.25, 0.3) is 0 Å². The lowest BCUT2D eigenvalue weighted by molar-refractivity contribution is -0.120. The summed E-state index contributed by atoms with van der Waals surface area (Å²) >= 11 is 9.50. The summed E-state index contributed by atoms with van der Waals surface area (Å²) in [5.74, 6) is -1.11. The molecule has 1 aliphatic rings. The van der Waals surface area contributed by atoms with Crippen molar-refractivity contribution in [3.63, 3.8) is 0 Å². The van der Waals surface area contributed by atoms with Crippen LogP contribution in [0.5, 0.6) is 0 Å². The van der Waals surface area contributed by atoms with E-state index in [1.165, 1.54) is 16.4 Å². The number of benzene rings is 2. The van der Waals surface area contributed by atoms with Gasteiger partial charge in [0.1, 0.15) is 0 Å². The molecule has 1 N–H and O–H groups in total. The third kappa shape index (κ3) is 6.31. The maximum absolute atomic E-state index is 12.8. The molecule has 32 heavy (non-hydrogen) atoms. The van der Waals surface area contributed by atoms with Crippen LogP contribution in [0.2, 0.25) is 5.02 Å². The fourth-order valence-corrected chi connectivity index (χ4v) is 5.79. The molecule has 10 heteroatoms. The molecule has 0 aromatic heterocycles. The molecule has 0 spiro atoms. The van der Waals surface area contributed by atoms with Crippen molar-refractivity contribution in [2.24, 2.45) is 5.92 Å². The molecule has 2 aromatic carbocycles. The predicted molar refractivity (Wildman–Crippen MR) is 127 cm³/mol. The molecular weight excluding hydrogens is 520 g/mol. The van der Waals surface area contributed by atoms with Crippen LogP contribution in [0.1, 0.15) is 35.7 Å². The minimum Gasteiger partial charge on any atom is -0.462 e. The first-order valence-corrected chi connectivity index (χ1v) is 13.0. The van der Waals surface area contributed by atoms with Gasteiger partial charge in [-0.1, -0.05) is 39.7 Å². The van der Waals surface area contributed by atoms with Gasteiger partial charge in [-0.3, -0.25) is 4.79 Å². The molecule has 1 fully saturated rings. The number of hydrogen-bond acceptors (Lipinski definition) is 5. The number of anilines is 1. The van der Waals surface area contributed by atoms with Gasteiger partial charge in [-0.15, -0.1) is 0 Å². The first-order chi connectivity index (χ1) is 15.2. The third-order valence-corrected chi connectivity index (χ3v) is 7.84. The van der Waals surface area contributed by atoms with E-state index < -0.39 is 16.0 Å². The highest BCUT2D eigenvalue weighted by atomic mass is 79.9. The second-order valence-corrected chi connectivity index (χ2v) is 10.8. The summed E-state index contributed by atoms with van der Waals surface area (Å²) in [6.07, 6.45) is 0.858. The van der Waals surface area contributed by atoms with Crippen LogP contribution < -0.4 is 5.32 Å². The van der Waals surface area contributed by atoms with Crippen LogP contribution in [0, 0.1) is 5.92 Å². The number of nitrogens with one attached hydrogen (secondary N) is 1. The minimum absolute atomic E-state index is 0.0748. The molecule has 1 aliphatic heterocycles. The van der Waals surface area contributed by atoms with Crippen molar-refractivity contribution in [3.05, 3.63) is 63.1 Å². The summed E-state index contributed by atoms with van der Waals surface area (Å²) in [6.45, 7) is 2.52. The van der Waals surface area contributed by atoms with Gasteiger partial charge in [-0.2, -0.15) is 0 Å². The molecule has 2 aromatic rings. The summed E-state index contributed by atoms with van der Waals surface area (Å²) in [5.41, 5.74) is 1.41. The Morgan fingerprint density at radius 2 is 1.91 bits per heavy atom. The number of carbonyl (C=O) groups is 2. The van der Waals surface area contributed by atoms with Crippen molar-refractivity contribution in [2.45, 2.75) is 25.5 Å². The van der Waals surface area contributed by atoms with E-state index in [-0.39, 0.29) is 47.9 Å². The molecule has 172 valence electrons. The number of hydrogen-bond donors (Lipinski definition) is 1. The van der Waals surface area contributed by atoms with E-state index in [0.29, 0.717) is 24.1 Å². The molecule has 0 atom stereocenters. The number of rotatable bonds is 7. The average Bonchev–Trinajstić information content (AvgIpc) is 2.73. The minimum atomic E-state index is -3.46. The van der Waals surface area contributed by atoms with Gasteiger partial charge < -0.3 is 10.1 Å². The zero-order valence-electron chi connectivity index (χ0n) is 17.5. The number of sulfonamides is 1. The lowest BCUT2D eigenvalue weighted by Crippen LogP contribution is -2.41. The monoisotopic (exact) mass is 542 g/mol. The van der Waals surface area contributed by atoms with E-state index in [1.54, 1.807) is 31.2 Å². The van der Waals surface area contributed by atoms with E-state index in [4.69, 9.17) is 16.3 Å². The first kappa shape index (κ1) is 24.7. The van der Waals surface area contributed by atoms with Crippen LogP contribution >= 0.6 is 27.5 Å². The van der Waals surface area contributed by atoms with Crippen molar-refractivity contribution in [1.29, 1.82) is 0 Å². The largest absolute Gasteiger partial charge is 0.462 e. The van der Waals surface area contributed by atoms with Gasteiger partial charge in [0.2, 0.25) is 15.9 Å². The van der Waals surface area contributed by atoms with Crippen molar-refractivity contribution >= 4 is 55.1 Å². The van der Waals surface area contributed by atoms with E-state index in [0.717, 1.165) is 4.47 Å². The molecule has 0 saturated carbocycles.